The summed E-state index contributed by atoms with van der Waals surface area (Å²) in [6.45, 7) is 5.36. The van der Waals surface area contributed by atoms with Gasteiger partial charge in [-0.15, -0.1) is 0 Å². The number of nitrogens with one attached hydrogen (secondary N) is 1. The Morgan fingerprint density at radius 3 is 2.42 bits per heavy atom. The molecule has 1 unspecified atom stereocenters. The molecule has 1 aromatic rings. The van der Waals surface area contributed by atoms with Crippen molar-refractivity contribution in [1.82, 2.24) is 15.1 Å². The Morgan fingerprint density at radius 2 is 1.88 bits per heavy atom. The first-order valence-corrected chi connectivity index (χ1v) is 7.62. The first kappa shape index (κ1) is 17.8. The molecule has 0 aromatic heterocycles. The van der Waals surface area contributed by atoms with Gasteiger partial charge in [-0.1, -0.05) is 6.07 Å². The highest BCUT2D eigenvalue weighted by molar-refractivity contribution is 6.09. The quantitative estimate of drug-likeness (QED) is 0.829. The molecule has 4 amide bonds. The second-order valence-electron chi connectivity index (χ2n) is 5.64. The predicted molar refractivity (Wildman–Crippen MR) is 81.9 cm³/mol. The van der Waals surface area contributed by atoms with Crippen LogP contribution in [0.25, 0.3) is 0 Å². The van der Waals surface area contributed by atoms with E-state index in [1.807, 2.05) is 0 Å². The smallest absolute Gasteiger partial charge is 0.325 e. The van der Waals surface area contributed by atoms with Gasteiger partial charge >= 0.3 is 6.03 Å². The average Bonchev–Trinajstić information content (AvgIpc) is 2.72. The number of carbonyl (C=O) groups excluding carboxylic acids is 3. The maximum Gasteiger partial charge on any atom is 0.325 e. The van der Waals surface area contributed by atoms with Crippen LogP contribution in [0.1, 0.15) is 26.3 Å². The number of imide groups is 1. The molecule has 130 valence electrons. The molecule has 2 rings (SSSR count). The highest BCUT2D eigenvalue weighted by atomic mass is 19.1. The second-order valence-corrected chi connectivity index (χ2v) is 5.64. The van der Waals surface area contributed by atoms with Crippen molar-refractivity contribution in [1.29, 1.82) is 0 Å². The number of halogens is 2. The number of nitrogens with zero attached hydrogens (tertiary/aromatic N) is 2. The fourth-order valence-corrected chi connectivity index (χ4v) is 2.73. The lowest BCUT2D eigenvalue weighted by molar-refractivity contribution is -0.138. The molecule has 0 saturated carbocycles. The van der Waals surface area contributed by atoms with Gasteiger partial charge < -0.3 is 10.2 Å². The third-order valence-corrected chi connectivity index (χ3v) is 4.15. The van der Waals surface area contributed by atoms with Crippen LogP contribution in [0.3, 0.4) is 0 Å². The second kappa shape index (κ2) is 6.54. The molecule has 0 bridgehead atoms. The lowest BCUT2D eigenvalue weighted by atomic mass is 9.91. The van der Waals surface area contributed by atoms with Crippen LogP contribution in [0.15, 0.2) is 18.2 Å². The topological polar surface area (TPSA) is 69.7 Å². The van der Waals surface area contributed by atoms with Crippen molar-refractivity contribution in [2.75, 3.05) is 19.6 Å². The van der Waals surface area contributed by atoms with Crippen LogP contribution < -0.4 is 5.32 Å². The van der Waals surface area contributed by atoms with Crippen molar-refractivity contribution in [2.24, 2.45) is 0 Å². The van der Waals surface area contributed by atoms with E-state index in [1.54, 1.807) is 13.8 Å². The minimum Gasteiger partial charge on any atom is -0.342 e. The van der Waals surface area contributed by atoms with Crippen LogP contribution in [0.4, 0.5) is 13.6 Å². The Labute approximate surface area is 138 Å². The van der Waals surface area contributed by atoms with Crippen LogP contribution in [-0.2, 0) is 15.1 Å². The number of rotatable bonds is 5. The van der Waals surface area contributed by atoms with E-state index in [0.717, 1.165) is 17.0 Å². The lowest BCUT2D eigenvalue weighted by Gasteiger charge is -2.24. The largest absolute Gasteiger partial charge is 0.342 e. The van der Waals surface area contributed by atoms with Crippen molar-refractivity contribution >= 4 is 17.8 Å². The van der Waals surface area contributed by atoms with Crippen LogP contribution in [0.2, 0.25) is 0 Å². The average molecular weight is 339 g/mol. The van der Waals surface area contributed by atoms with Crippen molar-refractivity contribution < 1.29 is 23.2 Å². The van der Waals surface area contributed by atoms with Crippen molar-refractivity contribution in [2.45, 2.75) is 26.3 Å². The molecule has 1 aliphatic heterocycles. The van der Waals surface area contributed by atoms with Crippen molar-refractivity contribution in [3.05, 3.63) is 35.4 Å². The van der Waals surface area contributed by atoms with E-state index in [1.165, 1.54) is 11.8 Å². The zero-order valence-electron chi connectivity index (χ0n) is 13.7. The van der Waals surface area contributed by atoms with Crippen LogP contribution in [-0.4, -0.2) is 47.3 Å². The summed E-state index contributed by atoms with van der Waals surface area (Å²) in [6.07, 6.45) is 0. The molecule has 6 nitrogen and oxygen atoms in total. The highest BCUT2D eigenvalue weighted by Gasteiger charge is 2.50. The standard InChI is InChI=1S/C16H19F2N3O3/c1-4-20(5-2)13(22)9-21-14(23)16(3,19-15(21)24)11-7-6-10(17)8-12(11)18/h6-8H,4-5,9H2,1-3H3,(H,19,24). The zero-order chi connectivity index (χ0) is 18.1. The van der Waals surface area contributed by atoms with Gasteiger partial charge in [-0.25, -0.2) is 13.6 Å². The molecule has 1 aromatic carbocycles. The monoisotopic (exact) mass is 339 g/mol. The van der Waals surface area contributed by atoms with Gasteiger partial charge in [0.1, 0.15) is 23.7 Å². The molecule has 0 aliphatic carbocycles. The van der Waals surface area contributed by atoms with Gasteiger partial charge in [0.25, 0.3) is 5.91 Å². The minimum absolute atomic E-state index is 0.153. The van der Waals surface area contributed by atoms with Crippen molar-refractivity contribution in [3.63, 3.8) is 0 Å². The summed E-state index contributed by atoms with van der Waals surface area (Å²) in [5, 5.41) is 2.39. The number of amides is 4. The lowest BCUT2D eigenvalue weighted by Crippen LogP contribution is -2.44. The number of benzene rings is 1. The molecule has 1 fully saturated rings. The van der Waals surface area contributed by atoms with Gasteiger partial charge in [-0.2, -0.15) is 0 Å². The third-order valence-electron chi connectivity index (χ3n) is 4.15. The van der Waals surface area contributed by atoms with Gasteiger partial charge in [0.05, 0.1) is 0 Å². The molecule has 8 heteroatoms. The van der Waals surface area contributed by atoms with E-state index in [4.69, 9.17) is 0 Å². The first-order valence-electron chi connectivity index (χ1n) is 7.62. The van der Waals surface area contributed by atoms with E-state index < -0.39 is 35.7 Å². The Bertz CT molecular complexity index is 691. The zero-order valence-corrected chi connectivity index (χ0v) is 13.7. The summed E-state index contributed by atoms with van der Waals surface area (Å²) in [5.41, 5.74) is -1.83. The molecule has 1 saturated heterocycles. The summed E-state index contributed by atoms with van der Waals surface area (Å²) >= 11 is 0. The molecule has 1 N–H and O–H groups in total. The summed E-state index contributed by atoms with van der Waals surface area (Å²) in [7, 11) is 0. The maximum atomic E-state index is 14.0. The Balaban J connectivity index is 2.29. The number of hydrogen-bond acceptors (Lipinski definition) is 3. The molecule has 0 spiro atoms. The summed E-state index contributed by atoms with van der Waals surface area (Å²) in [4.78, 5) is 39.1. The highest BCUT2D eigenvalue weighted by Crippen LogP contribution is 2.30. The van der Waals surface area contributed by atoms with Crippen LogP contribution in [0, 0.1) is 11.6 Å². The molecule has 24 heavy (non-hydrogen) atoms. The fraction of sp³-hybridized carbons (Fsp3) is 0.438. The number of likely N-dealkylation sites (N-methyl/N-ethyl adjacent to an activating group) is 1. The predicted octanol–water partition coefficient (Wildman–Crippen LogP) is 1.60. The molecular weight excluding hydrogens is 320 g/mol. The minimum atomic E-state index is -1.68. The number of hydrogen-bond donors (Lipinski definition) is 1. The van der Waals surface area contributed by atoms with E-state index in [-0.39, 0.29) is 11.5 Å². The molecule has 0 radical (unpaired) electrons. The third kappa shape index (κ3) is 2.95. The molecule has 1 atom stereocenters. The van der Waals surface area contributed by atoms with Crippen LogP contribution in [0.5, 0.6) is 0 Å². The van der Waals surface area contributed by atoms with E-state index in [2.05, 4.69) is 5.32 Å². The summed E-state index contributed by atoms with van der Waals surface area (Å²) in [5.74, 6) is -2.86. The van der Waals surface area contributed by atoms with Crippen LogP contribution >= 0.6 is 0 Å². The summed E-state index contributed by atoms with van der Waals surface area (Å²) in [6, 6.07) is 1.97. The summed E-state index contributed by atoms with van der Waals surface area (Å²) < 4.78 is 27.1. The van der Waals surface area contributed by atoms with E-state index in [9.17, 15) is 23.2 Å². The van der Waals surface area contributed by atoms with E-state index >= 15 is 0 Å². The first-order chi connectivity index (χ1) is 11.2. The SMILES string of the molecule is CCN(CC)C(=O)CN1C(=O)NC(C)(c2ccc(F)cc2F)C1=O. The van der Waals surface area contributed by atoms with Crippen molar-refractivity contribution in [3.8, 4) is 0 Å². The molecule has 1 aliphatic rings. The van der Waals surface area contributed by atoms with Gasteiger partial charge in [-0.05, 0) is 26.8 Å². The normalized spacial score (nSPS) is 20.3. The molecule has 1 heterocycles. The van der Waals surface area contributed by atoms with Gasteiger partial charge in [0.2, 0.25) is 5.91 Å². The number of urea groups is 1. The fourth-order valence-electron chi connectivity index (χ4n) is 2.73. The Morgan fingerprint density at radius 1 is 1.25 bits per heavy atom. The Kier molecular flexibility index (Phi) is 4.86. The molecular formula is C16H19F2N3O3. The maximum absolute atomic E-state index is 14.0. The number of carbonyl (C=O) groups is 3. The van der Waals surface area contributed by atoms with Gasteiger partial charge in [-0.3, -0.25) is 14.5 Å². The van der Waals surface area contributed by atoms with E-state index in [0.29, 0.717) is 19.2 Å². The van der Waals surface area contributed by atoms with Gasteiger partial charge in [0, 0.05) is 24.7 Å². The van der Waals surface area contributed by atoms with Gasteiger partial charge in [0.15, 0.2) is 0 Å². The Hall–Kier alpha value is -2.51.